The number of urea groups is 1. The van der Waals surface area contributed by atoms with Crippen molar-refractivity contribution in [3.05, 3.63) is 0 Å². The van der Waals surface area contributed by atoms with E-state index in [1.165, 1.54) is 0 Å². The van der Waals surface area contributed by atoms with Gasteiger partial charge in [0, 0.05) is 19.1 Å². The molecule has 16 heavy (non-hydrogen) atoms. The molecule has 2 saturated heterocycles. The molecule has 0 bridgehead atoms. The van der Waals surface area contributed by atoms with Crippen molar-refractivity contribution in [2.24, 2.45) is 0 Å². The lowest BCUT2D eigenvalue weighted by Gasteiger charge is -2.42. The lowest BCUT2D eigenvalue weighted by Crippen LogP contribution is -2.56. The molecule has 88 valence electrons. The fourth-order valence-electron chi connectivity index (χ4n) is 2.93. The molecule has 0 aromatic carbocycles. The maximum Gasteiger partial charge on any atom is 0.323 e. The van der Waals surface area contributed by atoms with Crippen molar-refractivity contribution in [2.45, 2.75) is 37.3 Å². The van der Waals surface area contributed by atoms with Gasteiger partial charge < -0.3 is 9.80 Å². The second kappa shape index (κ2) is 3.20. The average Bonchev–Trinajstić information content (AvgIpc) is 3.02. The predicted octanol–water partition coefficient (Wildman–Crippen LogP) is 0.616. The van der Waals surface area contributed by atoms with Crippen LogP contribution in [0, 0.1) is 5.41 Å². The van der Waals surface area contributed by atoms with E-state index in [-0.39, 0.29) is 11.6 Å². The fourth-order valence-corrected chi connectivity index (χ4v) is 2.93. The molecule has 2 aliphatic heterocycles. The minimum atomic E-state index is -0.301. The second-order valence-electron chi connectivity index (χ2n) is 5.24. The Balaban J connectivity index is 1.90. The SMILES string of the molecule is CN1CCC2(CC1)C(=N)NC(=O)N2C1CC1. The molecule has 0 atom stereocenters. The Kier molecular flexibility index (Phi) is 2.01. The van der Waals surface area contributed by atoms with E-state index in [1.54, 1.807) is 0 Å². The summed E-state index contributed by atoms with van der Waals surface area (Å²) in [5.74, 6) is 0.428. The summed E-state index contributed by atoms with van der Waals surface area (Å²) in [4.78, 5) is 16.1. The summed E-state index contributed by atoms with van der Waals surface area (Å²) in [7, 11) is 2.10. The number of hydrogen-bond donors (Lipinski definition) is 2. The number of likely N-dealkylation sites (tertiary alicyclic amines) is 1. The van der Waals surface area contributed by atoms with E-state index in [9.17, 15) is 4.79 Å². The van der Waals surface area contributed by atoms with Gasteiger partial charge in [-0.3, -0.25) is 10.7 Å². The minimum absolute atomic E-state index is 0.0444. The zero-order chi connectivity index (χ0) is 11.3. The number of amidine groups is 1. The van der Waals surface area contributed by atoms with Gasteiger partial charge in [-0.2, -0.15) is 0 Å². The monoisotopic (exact) mass is 222 g/mol. The van der Waals surface area contributed by atoms with Gasteiger partial charge in [0.25, 0.3) is 0 Å². The van der Waals surface area contributed by atoms with Crippen molar-refractivity contribution in [3.63, 3.8) is 0 Å². The van der Waals surface area contributed by atoms with Crippen molar-refractivity contribution in [1.29, 1.82) is 5.41 Å². The first-order chi connectivity index (χ1) is 7.63. The topological polar surface area (TPSA) is 59.4 Å². The summed E-state index contributed by atoms with van der Waals surface area (Å²) in [5.41, 5.74) is -0.301. The van der Waals surface area contributed by atoms with Crippen LogP contribution >= 0.6 is 0 Å². The molecule has 3 rings (SSSR count). The van der Waals surface area contributed by atoms with E-state index >= 15 is 0 Å². The van der Waals surface area contributed by atoms with E-state index in [0.29, 0.717) is 11.9 Å². The Labute approximate surface area is 95.3 Å². The Morgan fingerprint density at radius 1 is 1.38 bits per heavy atom. The molecule has 5 nitrogen and oxygen atoms in total. The summed E-state index contributed by atoms with van der Waals surface area (Å²) in [6, 6.07) is 0.350. The summed E-state index contributed by atoms with van der Waals surface area (Å²) in [5, 5.41) is 10.8. The van der Waals surface area contributed by atoms with Crippen LogP contribution < -0.4 is 5.32 Å². The first kappa shape index (κ1) is 10.1. The predicted molar refractivity (Wildman–Crippen MR) is 60.6 cm³/mol. The number of amides is 2. The molecule has 0 aromatic rings. The van der Waals surface area contributed by atoms with E-state index in [1.807, 2.05) is 4.90 Å². The van der Waals surface area contributed by atoms with Gasteiger partial charge in [-0.1, -0.05) is 0 Å². The third-order valence-corrected chi connectivity index (χ3v) is 4.10. The minimum Gasteiger partial charge on any atom is -0.309 e. The summed E-state index contributed by atoms with van der Waals surface area (Å²) >= 11 is 0. The van der Waals surface area contributed by atoms with Crippen molar-refractivity contribution in [2.75, 3.05) is 20.1 Å². The molecule has 0 radical (unpaired) electrons. The number of carbonyl (C=O) groups is 1. The quantitative estimate of drug-likeness (QED) is 0.683. The molecule has 3 aliphatic rings. The van der Waals surface area contributed by atoms with E-state index in [0.717, 1.165) is 38.8 Å². The van der Waals surface area contributed by atoms with Gasteiger partial charge in [0.1, 0.15) is 11.4 Å². The van der Waals surface area contributed by atoms with Crippen LogP contribution in [0.15, 0.2) is 0 Å². The second-order valence-corrected chi connectivity index (χ2v) is 5.24. The first-order valence-electron chi connectivity index (χ1n) is 6.01. The maximum absolute atomic E-state index is 11.9. The van der Waals surface area contributed by atoms with Crippen LogP contribution in [-0.4, -0.2) is 53.4 Å². The largest absolute Gasteiger partial charge is 0.323 e. The maximum atomic E-state index is 11.9. The molecule has 1 aliphatic carbocycles. The molecular weight excluding hydrogens is 204 g/mol. The van der Waals surface area contributed by atoms with Crippen LogP contribution in [0.25, 0.3) is 0 Å². The van der Waals surface area contributed by atoms with E-state index < -0.39 is 0 Å². The van der Waals surface area contributed by atoms with Gasteiger partial charge in [0.2, 0.25) is 0 Å². The summed E-state index contributed by atoms with van der Waals surface area (Å²) < 4.78 is 0. The third-order valence-electron chi connectivity index (χ3n) is 4.10. The van der Waals surface area contributed by atoms with Gasteiger partial charge in [0.05, 0.1) is 0 Å². The zero-order valence-electron chi connectivity index (χ0n) is 9.62. The Bertz CT molecular complexity index is 342. The molecule has 1 spiro atoms. The molecule has 3 fully saturated rings. The highest BCUT2D eigenvalue weighted by Crippen LogP contribution is 2.41. The molecule has 2 N–H and O–H groups in total. The van der Waals surface area contributed by atoms with Crippen LogP contribution in [0.2, 0.25) is 0 Å². The number of nitrogens with zero attached hydrogens (tertiary/aromatic N) is 2. The number of nitrogens with one attached hydrogen (secondary N) is 2. The summed E-state index contributed by atoms with van der Waals surface area (Å²) in [6.45, 7) is 1.95. The number of rotatable bonds is 1. The van der Waals surface area contributed by atoms with Crippen LogP contribution in [0.3, 0.4) is 0 Å². The van der Waals surface area contributed by atoms with Gasteiger partial charge in [-0.25, -0.2) is 4.79 Å². The molecule has 2 amide bonds. The molecule has 2 heterocycles. The average molecular weight is 222 g/mol. The van der Waals surface area contributed by atoms with E-state index in [4.69, 9.17) is 5.41 Å². The highest BCUT2D eigenvalue weighted by Gasteiger charge is 2.55. The molecule has 1 saturated carbocycles. The summed E-state index contributed by atoms with van der Waals surface area (Å²) in [6.07, 6.45) is 4.02. The smallest absolute Gasteiger partial charge is 0.309 e. The van der Waals surface area contributed by atoms with Crippen LogP contribution in [0.1, 0.15) is 25.7 Å². The van der Waals surface area contributed by atoms with E-state index in [2.05, 4.69) is 17.3 Å². The van der Waals surface area contributed by atoms with Crippen LogP contribution in [0.4, 0.5) is 4.79 Å². The number of hydrogen-bond acceptors (Lipinski definition) is 3. The van der Waals surface area contributed by atoms with Crippen molar-refractivity contribution >= 4 is 11.9 Å². The zero-order valence-corrected chi connectivity index (χ0v) is 9.62. The third kappa shape index (κ3) is 1.27. The standard InChI is InChI=1S/C11H18N4O/c1-14-6-4-11(5-7-14)9(12)13-10(16)15(11)8-2-3-8/h8H,2-7H2,1H3,(H2,12,13,16). The van der Waals surface area contributed by atoms with Gasteiger partial charge in [-0.05, 0) is 32.7 Å². The Morgan fingerprint density at radius 2 is 2.00 bits per heavy atom. The van der Waals surface area contributed by atoms with Crippen LogP contribution in [0.5, 0.6) is 0 Å². The number of carbonyl (C=O) groups excluding carboxylic acids is 1. The Morgan fingerprint density at radius 3 is 2.56 bits per heavy atom. The van der Waals surface area contributed by atoms with Crippen molar-refractivity contribution in [3.8, 4) is 0 Å². The lowest BCUT2D eigenvalue weighted by atomic mass is 9.85. The number of piperidine rings is 1. The highest BCUT2D eigenvalue weighted by molar-refractivity contribution is 6.08. The van der Waals surface area contributed by atoms with Crippen LogP contribution in [-0.2, 0) is 0 Å². The first-order valence-corrected chi connectivity index (χ1v) is 6.01. The molecule has 0 aromatic heterocycles. The van der Waals surface area contributed by atoms with Crippen molar-refractivity contribution in [1.82, 2.24) is 15.1 Å². The lowest BCUT2D eigenvalue weighted by molar-refractivity contribution is 0.110. The molecule has 0 unspecified atom stereocenters. The van der Waals surface area contributed by atoms with Gasteiger partial charge >= 0.3 is 6.03 Å². The van der Waals surface area contributed by atoms with Gasteiger partial charge in [0.15, 0.2) is 0 Å². The fraction of sp³-hybridized carbons (Fsp3) is 0.818. The molecule has 5 heteroatoms. The normalized spacial score (nSPS) is 29.9. The molecular formula is C11H18N4O. The van der Waals surface area contributed by atoms with Crippen molar-refractivity contribution < 1.29 is 4.79 Å². The van der Waals surface area contributed by atoms with Gasteiger partial charge in [-0.15, -0.1) is 0 Å². The Hall–Kier alpha value is -1.10. The highest BCUT2D eigenvalue weighted by atomic mass is 16.2.